The molecule has 33 heavy (non-hydrogen) atoms. The fourth-order valence-corrected chi connectivity index (χ4v) is 5.19. The Morgan fingerprint density at radius 3 is 2.58 bits per heavy atom. The van der Waals surface area contributed by atoms with E-state index in [1.807, 2.05) is 0 Å². The zero-order chi connectivity index (χ0) is 23.8. The quantitative estimate of drug-likeness (QED) is 0.287. The van der Waals surface area contributed by atoms with Crippen molar-refractivity contribution in [3.05, 3.63) is 41.2 Å². The number of aromatic nitrogens is 1. The Morgan fingerprint density at radius 1 is 1.24 bits per heavy atom. The van der Waals surface area contributed by atoms with Crippen LogP contribution in [0.2, 0.25) is 0 Å². The molecule has 0 radical (unpaired) electrons. The van der Waals surface area contributed by atoms with Crippen molar-refractivity contribution in [3.63, 3.8) is 0 Å². The Labute approximate surface area is 195 Å². The summed E-state index contributed by atoms with van der Waals surface area (Å²) < 4.78 is 48.5. The summed E-state index contributed by atoms with van der Waals surface area (Å²) >= 11 is 0.679. The summed E-state index contributed by atoms with van der Waals surface area (Å²) in [5.74, 6) is -0.704. The smallest absolute Gasteiger partial charge is 0.280 e. The average Bonchev–Trinajstić information content (AvgIpc) is 3.43. The third-order valence-corrected chi connectivity index (χ3v) is 7.64. The molecule has 1 aliphatic carbocycles. The van der Waals surface area contributed by atoms with E-state index in [1.165, 1.54) is 31.4 Å². The van der Waals surface area contributed by atoms with Crippen LogP contribution in [0, 0.1) is 5.13 Å². The first-order valence-electron chi connectivity index (χ1n) is 10.3. The summed E-state index contributed by atoms with van der Waals surface area (Å²) in [5, 5.41) is 6.09. The number of carbonyl (C=O) groups excluding carboxylic acids is 1. The number of halogens is 1. The molecule has 2 aromatic rings. The topological polar surface area (TPSA) is 116 Å². The molecule has 1 N–H and O–H groups in total. The molecular weight excluding hydrogens is 473 g/mol. The standard InChI is InChI=1S/C21H26FN3O6S2/c1-29-10-3-11-33(27,28)17-8-4-14(5-9-17)19(20(26)24-21-23-13-18(22)32-21)25-31-16-7-6-15(12-16)30-2/h4-5,8-9,13,15-16H,3,6-7,10-12H2,1-2H3,(H,23,24,26)/b25-19+/t15-,16-/m1/s1. The van der Waals surface area contributed by atoms with E-state index in [-0.39, 0.29) is 33.7 Å². The number of thiazole rings is 1. The number of hydrogen-bond donors (Lipinski definition) is 1. The molecule has 3 rings (SSSR count). The second-order valence-corrected chi connectivity index (χ2v) is 10.5. The van der Waals surface area contributed by atoms with Gasteiger partial charge >= 0.3 is 0 Å². The molecule has 0 bridgehead atoms. The molecule has 1 aromatic heterocycles. The van der Waals surface area contributed by atoms with Gasteiger partial charge in [-0.05, 0) is 31.4 Å². The van der Waals surface area contributed by atoms with Crippen molar-refractivity contribution < 1.29 is 31.9 Å². The fourth-order valence-electron chi connectivity index (χ4n) is 3.36. The van der Waals surface area contributed by atoms with Crippen molar-refractivity contribution >= 4 is 37.9 Å². The lowest BCUT2D eigenvalue weighted by molar-refractivity contribution is -0.110. The van der Waals surface area contributed by atoms with Gasteiger partial charge in [0.1, 0.15) is 6.10 Å². The maximum atomic E-state index is 13.3. The predicted octanol–water partition coefficient (Wildman–Crippen LogP) is 3.02. The number of nitrogens with one attached hydrogen (secondary N) is 1. The number of ether oxygens (including phenoxy) is 2. The minimum Gasteiger partial charge on any atom is -0.392 e. The van der Waals surface area contributed by atoms with Crippen LogP contribution >= 0.6 is 11.3 Å². The van der Waals surface area contributed by atoms with Crippen molar-refractivity contribution in [1.82, 2.24) is 4.98 Å². The number of amides is 1. The van der Waals surface area contributed by atoms with Crippen LogP contribution in [0.5, 0.6) is 0 Å². The number of methoxy groups -OCH3 is 2. The number of oxime groups is 1. The third-order valence-electron chi connectivity index (χ3n) is 5.12. The van der Waals surface area contributed by atoms with E-state index < -0.39 is 20.9 Å². The van der Waals surface area contributed by atoms with E-state index in [4.69, 9.17) is 14.3 Å². The highest BCUT2D eigenvalue weighted by Crippen LogP contribution is 2.25. The molecule has 12 heteroatoms. The summed E-state index contributed by atoms with van der Waals surface area (Å²) in [6.45, 7) is 0.341. The van der Waals surface area contributed by atoms with Crippen molar-refractivity contribution in [1.29, 1.82) is 0 Å². The summed E-state index contributed by atoms with van der Waals surface area (Å²) in [5.41, 5.74) is 0.275. The molecule has 0 unspecified atom stereocenters. The van der Waals surface area contributed by atoms with Gasteiger partial charge in [-0.3, -0.25) is 10.1 Å². The van der Waals surface area contributed by atoms with Gasteiger partial charge < -0.3 is 14.3 Å². The molecule has 180 valence electrons. The van der Waals surface area contributed by atoms with E-state index in [2.05, 4.69) is 15.5 Å². The largest absolute Gasteiger partial charge is 0.392 e. The number of sulfone groups is 1. The van der Waals surface area contributed by atoms with Gasteiger partial charge in [-0.25, -0.2) is 13.4 Å². The lowest BCUT2D eigenvalue weighted by atomic mass is 10.1. The molecule has 0 spiro atoms. The molecule has 1 amide bonds. The van der Waals surface area contributed by atoms with Crippen LogP contribution in [0.4, 0.5) is 9.52 Å². The van der Waals surface area contributed by atoms with Gasteiger partial charge in [0.05, 0.1) is 22.9 Å². The lowest BCUT2D eigenvalue weighted by Crippen LogP contribution is -2.25. The zero-order valence-electron chi connectivity index (χ0n) is 18.3. The van der Waals surface area contributed by atoms with Crippen molar-refractivity contribution in [2.24, 2.45) is 5.16 Å². The molecule has 0 aliphatic heterocycles. The molecule has 1 heterocycles. The highest BCUT2D eigenvalue weighted by Gasteiger charge is 2.27. The second kappa shape index (κ2) is 11.6. The number of nitrogens with zero attached hydrogens (tertiary/aromatic N) is 2. The van der Waals surface area contributed by atoms with Gasteiger partial charge in [-0.1, -0.05) is 28.6 Å². The summed E-state index contributed by atoms with van der Waals surface area (Å²) in [4.78, 5) is 22.4. The number of anilines is 1. The Kier molecular flexibility index (Phi) is 8.89. The Bertz CT molecular complexity index is 1070. The Balaban J connectivity index is 1.80. The van der Waals surface area contributed by atoms with Crippen LogP contribution < -0.4 is 5.32 Å². The third kappa shape index (κ3) is 7.03. The SMILES string of the molecule is COCCCS(=O)(=O)c1ccc(/C(=N\O[C@@H]2CC[C@@H](OC)C2)C(=O)Nc2ncc(F)s2)cc1. The molecule has 2 atom stereocenters. The molecule has 1 aromatic carbocycles. The monoisotopic (exact) mass is 499 g/mol. The first-order valence-corrected chi connectivity index (χ1v) is 12.8. The summed E-state index contributed by atoms with van der Waals surface area (Å²) in [6, 6.07) is 5.81. The van der Waals surface area contributed by atoms with Crippen LogP contribution in [-0.2, 0) is 28.9 Å². The van der Waals surface area contributed by atoms with Gasteiger partial charge in [0.2, 0.25) is 0 Å². The highest BCUT2D eigenvalue weighted by molar-refractivity contribution is 7.91. The summed E-state index contributed by atoms with van der Waals surface area (Å²) in [7, 11) is -0.348. The van der Waals surface area contributed by atoms with Crippen LogP contribution in [0.25, 0.3) is 0 Å². The van der Waals surface area contributed by atoms with Crippen molar-refractivity contribution in [2.45, 2.75) is 42.8 Å². The van der Waals surface area contributed by atoms with Gasteiger partial charge in [0.25, 0.3) is 5.91 Å². The number of benzene rings is 1. The average molecular weight is 500 g/mol. The first kappa shape index (κ1) is 25.2. The van der Waals surface area contributed by atoms with Gasteiger partial charge in [0.15, 0.2) is 25.8 Å². The number of rotatable bonds is 11. The van der Waals surface area contributed by atoms with E-state index in [0.29, 0.717) is 36.3 Å². The number of carbonyl (C=O) groups is 1. The molecule has 1 aliphatic rings. The van der Waals surface area contributed by atoms with Crippen molar-refractivity contribution in [3.8, 4) is 0 Å². The lowest BCUT2D eigenvalue weighted by Gasteiger charge is -2.12. The molecule has 9 nitrogen and oxygen atoms in total. The van der Waals surface area contributed by atoms with Gasteiger partial charge in [-0.15, -0.1) is 0 Å². The predicted molar refractivity (Wildman–Crippen MR) is 122 cm³/mol. The van der Waals surface area contributed by atoms with Crippen LogP contribution in [0.1, 0.15) is 31.2 Å². The van der Waals surface area contributed by atoms with Gasteiger partial charge in [-0.2, -0.15) is 4.39 Å². The molecular formula is C21H26FN3O6S2. The second-order valence-electron chi connectivity index (χ2n) is 7.45. The van der Waals surface area contributed by atoms with E-state index >= 15 is 0 Å². The normalized spacial score (nSPS) is 18.9. The van der Waals surface area contributed by atoms with E-state index in [0.717, 1.165) is 19.0 Å². The van der Waals surface area contributed by atoms with Crippen LogP contribution in [0.3, 0.4) is 0 Å². The fraction of sp³-hybridized carbons (Fsp3) is 0.476. The summed E-state index contributed by atoms with van der Waals surface area (Å²) in [6.07, 6.45) is 3.43. The first-order chi connectivity index (χ1) is 15.8. The van der Waals surface area contributed by atoms with Crippen molar-refractivity contribution in [2.75, 3.05) is 31.9 Å². The van der Waals surface area contributed by atoms with E-state index in [9.17, 15) is 17.6 Å². The Hall–Kier alpha value is -2.41. The van der Waals surface area contributed by atoms with Crippen LogP contribution in [0.15, 0.2) is 40.5 Å². The maximum absolute atomic E-state index is 13.3. The van der Waals surface area contributed by atoms with Crippen LogP contribution in [-0.4, -0.2) is 63.8 Å². The maximum Gasteiger partial charge on any atom is 0.280 e. The molecule has 1 saturated carbocycles. The highest BCUT2D eigenvalue weighted by atomic mass is 32.2. The minimum absolute atomic E-state index is 0.0529. The number of hydrogen-bond acceptors (Lipinski definition) is 9. The Morgan fingerprint density at radius 2 is 1.97 bits per heavy atom. The zero-order valence-corrected chi connectivity index (χ0v) is 20.0. The molecule has 1 fully saturated rings. The van der Waals surface area contributed by atoms with Gasteiger partial charge in [0, 0.05) is 32.8 Å². The van der Waals surface area contributed by atoms with E-state index in [1.54, 1.807) is 7.11 Å². The minimum atomic E-state index is -3.49. The molecule has 0 saturated heterocycles.